The number of unbranched alkanes of at least 4 members (excludes halogenated alkanes) is 1. The van der Waals surface area contributed by atoms with Crippen LogP contribution in [0, 0.1) is 47.0 Å². The number of aryl methyl sites for hydroxylation is 1. The first kappa shape index (κ1) is 43.3. The van der Waals surface area contributed by atoms with E-state index in [9.17, 15) is 4.57 Å². The lowest BCUT2D eigenvalue weighted by molar-refractivity contribution is -0.0738. The van der Waals surface area contributed by atoms with Crippen molar-refractivity contribution in [2.45, 2.75) is 144 Å². The van der Waals surface area contributed by atoms with Gasteiger partial charge < -0.3 is 19.9 Å². The second-order valence-electron chi connectivity index (χ2n) is 18.7. The van der Waals surface area contributed by atoms with Crippen LogP contribution >= 0.6 is 7.82 Å². The Bertz CT molecular complexity index is 1990. The van der Waals surface area contributed by atoms with Gasteiger partial charge in [0.25, 0.3) is 0 Å². The standard InChI is InChI=1S/C47H70N5O5P/c1-7-8-18-42-51-43-44(38-15-9-10-17-41(38)50-45(43)48)52(42)27-29-56-58(53,55-28-26-49-6)57-31-30-54-36-21-24-46(5)35(32-36)19-20-37-39(46)22-25-47(23-12-16-40(37)47)34(4)14-11-13-33(2)3/h9-10,15,17,19,33-34,36-37,39-40H,7-8,11-14,16,18,20-32H2,1-5H3,(H2,48,50)/t34-,36+,37-,39+,40+,46+,47?,58?/m1/s1. The van der Waals surface area contributed by atoms with Crippen molar-refractivity contribution in [1.82, 2.24) is 14.5 Å². The molecule has 3 aromatic rings. The minimum atomic E-state index is -3.98. The maximum atomic E-state index is 14.0. The summed E-state index contributed by atoms with van der Waals surface area (Å²) in [4.78, 5) is 12.9. The van der Waals surface area contributed by atoms with Gasteiger partial charge in [0.15, 0.2) is 5.82 Å². The van der Waals surface area contributed by atoms with Gasteiger partial charge in [0.1, 0.15) is 17.9 Å². The number of nitrogen functional groups attached to an aromatic ring is 1. The number of hydrogen-bond donors (Lipinski definition) is 1. The van der Waals surface area contributed by atoms with E-state index in [0.717, 1.165) is 90.4 Å². The van der Waals surface area contributed by atoms with Crippen molar-refractivity contribution < 1.29 is 22.9 Å². The second-order valence-corrected chi connectivity index (χ2v) is 20.4. The molecule has 0 saturated heterocycles. The number of rotatable bonds is 20. The molecule has 1 aromatic carbocycles. The fourth-order valence-electron chi connectivity index (χ4n) is 12.0. The highest BCUT2D eigenvalue weighted by atomic mass is 31.2. The smallest absolute Gasteiger partial charge is 0.382 e. The van der Waals surface area contributed by atoms with Gasteiger partial charge in [-0.25, -0.2) is 21.1 Å². The van der Waals surface area contributed by atoms with Crippen LogP contribution in [0.25, 0.3) is 26.8 Å². The first-order chi connectivity index (χ1) is 28.0. The number of para-hydroxylation sites is 1. The number of aromatic nitrogens is 3. The molecule has 0 spiro atoms. The molecule has 3 fully saturated rings. The fourth-order valence-corrected chi connectivity index (χ4v) is 13.2. The molecular weight excluding hydrogens is 746 g/mol. The normalized spacial score (nSPS) is 28.5. The fraction of sp³-hybridized carbons (Fsp3) is 0.723. The predicted molar refractivity (Wildman–Crippen MR) is 233 cm³/mol. The van der Waals surface area contributed by atoms with Gasteiger partial charge in [-0.1, -0.05) is 96.6 Å². The number of nitrogens with zero attached hydrogens (tertiary/aromatic N) is 4. The first-order valence-electron chi connectivity index (χ1n) is 22.7. The molecular formula is C47H70N5O5P. The molecule has 0 amide bonds. The maximum absolute atomic E-state index is 14.0. The monoisotopic (exact) mass is 816 g/mol. The van der Waals surface area contributed by atoms with Crippen LogP contribution in [0.1, 0.15) is 130 Å². The summed E-state index contributed by atoms with van der Waals surface area (Å²) in [5, 5.41) is 0.950. The number of hydrogen-bond acceptors (Lipinski definition) is 8. The molecule has 58 heavy (non-hydrogen) atoms. The Labute approximate surface area is 347 Å². The van der Waals surface area contributed by atoms with Crippen LogP contribution in [-0.2, 0) is 35.8 Å². The third-order valence-electron chi connectivity index (χ3n) is 15.0. The number of pyridine rings is 1. The van der Waals surface area contributed by atoms with Crippen molar-refractivity contribution in [2.75, 3.05) is 38.7 Å². The lowest BCUT2D eigenvalue weighted by atomic mass is 9.46. The number of imidazole rings is 1. The Morgan fingerprint density at radius 1 is 0.983 bits per heavy atom. The highest BCUT2D eigenvalue weighted by molar-refractivity contribution is 7.48. The van der Waals surface area contributed by atoms with E-state index in [2.05, 4.69) is 55.1 Å². The summed E-state index contributed by atoms with van der Waals surface area (Å²) in [6.45, 7) is 20.1. The predicted octanol–water partition coefficient (Wildman–Crippen LogP) is 11.8. The number of phosphoric acid groups is 1. The molecule has 0 aliphatic heterocycles. The van der Waals surface area contributed by atoms with Gasteiger partial charge in [-0.05, 0) is 104 Å². The zero-order valence-electron chi connectivity index (χ0n) is 36.1. The molecule has 10 nitrogen and oxygen atoms in total. The molecule has 11 heteroatoms. The molecule has 4 aliphatic carbocycles. The minimum absolute atomic E-state index is 0.0409. The van der Waals surface area contributed by atoms with Crippen molar-refractivity contribution in [3.8, 4) is 0 Å². The molecule has 4 aliphatic rings. The second kappa shape index (κ2) is 18.9. The van der Waals surface area contributed by atoms with E-state index in [1.807, 2.05) is 24.3 Å². The van der Waals surface area contributed by atoms with Crippen LogP contribution < -0.4 is 5.73 Å². The third-order valence-corrected chi connectivity index (χ3v) is 16.5. The summed E-state index contributed by atoms with van der Waals surface area (Å²) in [6.07, 6.45) is 21.1. The van der Waals surface area contributed by atoms with Gasteiger partial charge in [-0.15, -0.1) is 0 Å². The van der Waals surface area contributed by atoms with Crippen LogP contribution in [0.15, 0.2) is 35.9 Å². The zero-order valence-corrected chi connectivity index (χ0v) is 36.9. The molecule has 2 N–H and O–H groups in total. The van der Waals surface area contributed by atoms with Gasteiger partial charge in [0.2, 0.25) is 6.54 Å². The Kier molecular flexibility index (Phi) is 14.1. The van der Waals surface area contributed by atoms with Gasteiger partial charge in [0, 0.05) is 18.4 Å². The highest BCUT2D eigenvalue weighted by Gasteiger charge is 2.58. The molecule has 2 unspecified atom stereocenters. The average molecular weight is 816 g/mol. The topological polar surface area (TPSA) is 115 Å². The molecule has 7 rings (SSSR count). The zero-order chi connectivity index (χ0) is 40.9. The van der Waals surface area contributed by atoms with E-state index in [1.165, 1.54) is 57.8 Å². The molecule has 318 valence electrons. The van der Waals surface area contributed by atoms with Gasteiger partial charge in [0.05, 0.1) is 37.0 Å². The maximum Gasteiger partial charge on any atom is 0.475 e. The first-order valence-corrected chi connectivity index (χ1v) is 24.2. The molecule has 2 aromatic heterocycles. The number of ether oxygens (including phenoxy) is 1. The Morgan fingerprint density at radius 3 is 2.60 bits per heavy atom. The molecule has 8 atom stereocenters. The van der Waals surface area contributed by atoms with Crippen LogP contribution in [0.3, 0.4) is 0 Å². The number of fused-ring (bicyclic) bond motifs is 8. The van der Waals surface area contributed by atoms with E-state index >= 15 is 0 Å². The lowest BCUT2D eigenvalue weighted by Crippen LogP contribution is -2.51. The van der Waals surface area contributed by atoms with Crippen LogP contribution in [0.2, 0.25) is 0 Å². The van der Waals surface area contributed by atoms with Gasteiger partial charge in [-0.2, -0.15) is 0 Å². The Morgan fingerprint density at radius 2 is 1.79 bits per heavy atom. The number of nitrogens with two attached hydrogens (primary N) is 1. The summed E-state index contributed by atoms with van der Waals surface area (Å²) >= 11 is 0. The molecule has 0 radical (unpaired) electrons. The highest BCUT2D eigenvalue weighted by Crippen LogP contribution is 2.67. The molecule has 2 heterocycles. The Hall–Kier alpha value is -2.80. The number of phosphoric ester groups is 1. The summed E-state index contributed by atoms with van der Waals surface area (Å²) in [6, 6.07) is 7.89. The van der Waals surface area contributed by atoms with E-state index in [0.29, 0.717) is 29.9 Å². The van der Waals surface area contributed by atoms with Crippen molar-refractivity contribution in [3.05, 3.63) is 53.2 Å². The van der Waals surface area contributed by atoms with Crippen LogP contribution in [0.4, 0.5) is 5.82 Å². The molecule has 0 bridgehead atoms. The molecule has 3 saturated carbocycles. The van der Waals surface area contributed by atoms with Crippen LogP contribution in [0.5, 0.6) is 0 Å². The summed E-state index contributed by atoms with van der Waals surface area (Å²) in [7, 11) is -3.98. The summed E-state index contributed by atoms with van der Waals surface area (Å²) in [5.74, 6) is 5.39. The minimum Gasteiger partial charge on any atom is -0.382 e. The van der Waals surface area contributed by atoms with Gasteiger partial charge in [-0.3, -0.25) is 13.6 Å². The van der Waals surface area contributed by atoms with E-state index in [4.69, 9.17) is 35.6 Å². The van der Waals surface area contributed by atoms with Crippen molar-refractivity contribution in [3.63, 3.8) is 0 Å². The third kappa shape index (κ3) is 8.96. The number of anilines is 1. The number of benzene rings is 1. The van der Waals surface area contributed by atoms with Crippen molar-refractivity contribution in [1.29, 1.82) is 0 Å². The van der Waals surface area contributed by atoms with Crippen LogP contribution in [-0.4, -0.2) is 53.6 Å². The van der Waals surface area contributed by atoms with Crippen molar-refractivity contribution >= 4 is 35.6 Å². The summed E-state index contributed by atoms with van der Waals surface area (Å²) < 4.78 is 40.0. The summed E-state index contributed by atoms with van der Waals surface area (Å²) in [5.41, 5.74) is 11.2. The SMILES string of the molecule is [C-]#[N+]CCOP(=O)(OCCO[C@H]1CC[C@@]2(C)C(=CC[C@H]3[C@@H]4CCCC4([C@H](C)CCCC(C)C)CC[C@@H]32)C1)OCCn1c(CCCC)nc2c(N)nc3ccccc3c21. The lowest BCUT2D eigenvalue weighted by Gasteiger charge is -2.59. The van der Waals surface area contributed by atoms with Crippen molar-refractivity contribution in [2.24, 2.45) is 40.4 Å². The van der Waals surface area contributed by atoms with E-state index < -0.39 is 7.82 Å². The van der Waals surface area contributed by atoms with E-state index in [1.54, 1.807) is 5.57 Å². The average Bonchev–Trinajstić information content (AvgIpc) is 3.82. The van der Waals surface area contributed by atoms with Gasteiger partial charge >= 0.3 is 7.82 Å². The quantitative estimate of drug-likeness (QED) is 0.0519. The van der Waals surface area contributed by atoms with E-state index in [-0.39, 0.29) is 37.9 Å². The Balaban J connectivity index is 0.950. The number of allylic oxidation sites excluding steroid dienone is 1. The largest absolute Gasteiger partial charge is 0.475 e.